The van der Waals surface area contributed by atoms with Crippen LogP contribution in [0.2, 0.25) is 0 Å². The Morgan fingerprint density at radius 2 is 1.77 bits per heavy atom. The van der Waals surface area contributed by atoms with E-state index in [4.69, 9.17) is 4.74 Å². The average Bonchev–Trinajstić information content (AvgIpc) is 2.51. The zero-order chi connectivity index (χ0) is 15.9. The van der Waals surface area contributed by atoms with Gasteiger partial charge >= 0.3 is 5.97 Å². The number of carbonyl (C=O) groups is 1. The van der Waals surface area contributed by atoms with Gasteiger partial charge in [0.2, 0.25) is 0 Å². The predicted octanol–water partition coefficient (Wildman–Crippen LogP) is 3.92. The lowest BCUT2D eigenvalue weighted by Crippen LogP contribution is -2.14. The Morgan fingerprint density at radius 3 is 2.41 bits per heavy atom. The van der Waals surface area contributed by atoms with Gasteiger partial charge in [0.25, 0.3) is 0 Å². The maximum atomic E-state index is 12.3. The van der Waals surface area contributed by atoms with Gasteiger partial charge in [-0.1, -0.05) is 43.7 Å². The molecule has 0 aliphatic heterocycles. The summed E-state index contributed by atoms with van der Waals surface area (Å²) in [5.74, 6) is 0.370. The van der Waals surface area contributed by atoms with Crippen LogP contribution in [0.4, 0.5) is 0 Å². The smallest absolute Gasteiger partial charge is 0.343 e. The maximum absolute atomic E-state index is 12.3. The molecule has 0 N–H and O–H groups in total. The molecular formula is C19H23NO2. The van der Waals surface area contributed by atoms with E-state index in [-0.39, 0.29) is 5.97 Å². The number of rotatable bonds is 6. The van der Waals surface area contributed by atoms with Crippen LogP contribution in [0.1, 0.15) is 34.8 Å². The predicted molar refractivity (Wildman–Crippen MR) is 89.2 cm³/mol. The van der Waals surface area contributed by atoms with Gasteiger partial charge in [0, 0.05) is 6.54 Å². The van der Waals surface area contributed by atoms with E-state index in [1.807, 2.05) is 44.4 Å². The van der Waals surface area contributed by atoms with Gasteiger partial charge in [-0.3, -0.25) is 0 Å². The number of ether oxygens (including phenoxy) is 1. The molecule has 0 aromatic heterocycles. The van der Waals surface area contributed by atoms with Crippen molar-refractivity contribution < 1.29 is 9.53 Å². The molecule has 0 spiro atoms. The SMILES string of the molecule is CCCc1c(CN(C)C)cccc1OC(=O)c1ccccc1. The lowest BCUT2D eigenvalue weighted by Gasteiger charge is -2.17. The molecule has 0 saturated heterocycles. The lowest BCUT2D eigenvalue weighted by atomic mass is 10.0. The van der Waals surface area contributed by atoms with Crippen LogP contribution in [0.15, 0.2) is 48.5 Å². The van der Waals surface area contributed by atoms with Crippen molar-refractivity contribution in [2.75, 3.05) is 14.1 Å². The summed E-state index contributed by atoms with van der Waals surface area (Å²) in [7, 11) is 4.08. The van der Waals surface area contributed by atoms with Crippen LogP contribution in [0.3, 0.4) is 0 Å². The lowest BCUT2D eigenvalue weighted by molar-refractivity contribution is 0.0733. The number of esters is 1. The second-order valence-corrected chi connectivity index (χ2v) is 5.64. The number of nitrogens with zero attached hydrogens (tertiary/aromatic N) is 1. The molecule has 0 saturated carbocycles. The summed E-state index contributed by atoms with van der Waals surface area (Å²) in [5.41, 5.74) is 2.91. The average molecular weight is 297 g/mol. The molecule has 2 aromatic rings. The third-order valence-electron chi connectivity index (χ3n) is 3.43. The van der Waals surface area contributed by atoms with Crippen LogP contribution < -0.4 is 4.74 Å². The van der Waals surface area contributed by atoms with Gasteiger partial charge in [0.05, 0.1) is 5.56 Å². The van der Waals surface area contributed by atoms with E-state index in [9.17, 15) is 4.79 Å². The Balaban J connectivity index is 2.28. The molecule has 0 aliphatic carbocycles. The fourth-order valence-electron chi connectivity index (χ4n) is 2.46. The summed E-state index contributed by atoms with van der Waals surface area (Å²) >= 11 is 0. The zero-order valence-electron chi connectivity index (χ0n) is 13.5. The Labute approximate surface area is 132 Å². The van der Waals surface area contributed by atoms with Crippen molar-refractivity contribution in [3.05, 3.63) is 65.2 Å². The normalized spacial score (nSPS) is 10.7. The van der Waals surface area contributed by atoms with Crippen molar-refractivity contribution in [2.45, 2.75) is 26.3 Å². The van der Waals surface area contributed by atoms with Crippen molar-refractivity contribution in [3.63, 3.8) is 0 Å². The van der Waals surface area contributed by atoms with Gasteiger partial charge in [-0.25, -0.2) is 4.79 Å². The molecule has 22 heavy (non-hydrogen) atoms. The third kappa shape index (κ3) is 4.18. The molecule has 0 heterocycles. The van der Waals surface area contributed by atoms with Crippen molar-refractivity contribution in [1.82, 2.24) is 4.90 Å². The fraction of sp³-hybridized carbons (Fsp3) is 0.316. The standard InChI is InChI=1S/C19H23NO2/c1-4-9-17-16(14-20(2)3)12-8-13-18(17)22-19(21)15-10-6-5-7-11-15/h5-8,10-13H,4,9,14H2,1-3H3. The van der Waals surface area contributed by atoms with E-state index in [1.54, 1.807) is 12.1 Å². The van der Waals surface area contributed by atoms with E-state index in [0.717, 1.165) is 24.9 Å². The first-order valence-electron chi connectivity index (χ1n) is 7.64. The number of hydrogen-bond donors (Lipinski definition) is 0. The van der Waals surface area contributed by atoms with E-state index >= 15 is 0 Å². The van der Waals surface area contributed by atoms with Crippen molar-refractivity contribution in [2.24, 2.45) is 0 Å². The van der Waals surface area contributed by atoms with Gasteiger partial charge in [-0.05, 0) is 49.8 Å². The minimum Gasteiger partial charge on any atom is -0.423 e. The van der Waals surface area contributed by atoms with Gasteiger partial charge in [-0.2, -0.15) is 0 Å². The Bertz CT molecular complexity index is 621. The number of hydrogen-bond acceptors (Lipinski definition) is 3. The molecule has 0 amide bonds. The highest BCUT2D eigenvalue weighted by atomic mass is 16.5. The van der Waals surface area contributed by atoms with E-state index in [1.165, 1.54) is 5.56 Å². The Kier molecular flexibility index (Phi) is 5.73. The highest BCUT2D eigenvalue weighted by Gasteiger charge is 2.14. The molecule has 116 valence electrons. The first kappa shape index (κ1) is 16.2. The third-order valence-corrected chi connectivity index (χ3v) is 3.43. The minimum absolute atomic E-state index is 0.306. The number of benzene rings is 2. The van der Waals surface area contributed by atoms with E-state index < -0.39 is 0 Å². The molecule has 0 radical (unpaired) electrons. The van der Waals surface area contributed by atoms with Crippen LogP contribution >= 0.6 is 0 Å². The molecule has 2 rings (SSSR count). The molecule has 0 aliphatic rings. The second-order valence-electron chi connectivity index (χ2n) is 5.64. The molecule has 2 aromatic carbocycles. The first-order valence-corrected chi connectivity index (χ1v) is 7.64. The Hall–Kier alpha value is -2.13. The first-order chi connectivity index (χ1) is 10.6. The summed E-state index contributed by atoms with van der Waals surface area (Å²) in [6, 6.07) is 15.0. The minimum atomic E-state index is -0.306. The van der Waals surface area contributed by atoms with Gasteiger partial charge in [0.1, 0.15) is 5.75 Å². The van der Waals surface area contributed by atoms with E-state index in [2.05, 4.69) is 17.9 Å². The monoisotopic (exact) mass is 297 g/mol. The molecule has 0 bridgehead atoms. The van der Waals surface area contributed by atoms with E-state index in [0.29, 0.717) is 11.3 Å². The van der Waals surface area contributed by atoms with Gasteiger partial charge in [-0.15, -0.1) is 0 Å². The maximum Gasteiger partial charge on any atom is 0.343 e. The van der Waals surface area contributed by atoms with Crippen LogP contribution in [0, 0.1) is 0 Å². The molecule has 0 unspecified atom stereocenters. The highest BCUT2D eigenvalue weighted by Crippen LogP contribution is 2.26. The van der Waals surface area contributed by atoms with Crippen LogP contribution in [0.25, 0.3) is 0 Å². The summed E-state index contributed by atoms with van der Waals surface area (Å²) in [5, 5.41) is 0. The zero-order valence-corrected chi connectivity index (χ0v) is 13.5. The summed E-state index contributed by atoms with van der Waals surface area (Å²) < 4.78 is 5.65. The van der Waals surface area contributed by atoms with Crippen LogP contribution in [0.5, 0.6) is 5.75 Å². The molecule has 0 fully saturated rings. The highest BCUT2D eigenvalue weighted by molar-refractivity contribution is 5.91. The fourth-order valence-corrected chi connectivity index (χ4v) is 2.46. The molecular weight excluding hydrogens is 274 g/mol. The summed E-state index contributed by atoms with van der Waals surface area (Å²) in [6.07, 6.45) is 1.92. The topological polar surface area (TPSA) is 29.5 Å². The molecule has 0 atom stereocenters. The quantitative estimate of drug-likeness (QED) is 0.598. The van der Waals surface area contributed by atoms with Crippen molar-refractivity contribution >= 4 is 5.97 Å². The largest absolute Gasteiger partial charge is 0.423 e. The van der Waals surface area contributed by atoms with Crippen molar-refractivity contribution in [1.29, 1.82) is 0 Å². The van der Waals surface area contributed by atoms with Gasteiger partial charge in [0.15, 0.2) is 0 Å². The van der Waals surface area contributed by atoms with Crippen LogP contribution in [-0.4, -0.2) is 25.0 Å². The molecule has 3 nitrogen and oxygen atoms in total. The number of carbonyl (C=O) groups excluding carboxylic acids is 1. The van der Waals surface area contributed by atoms with Crippen LogP contribution in [-0.2, 0) is 13.0 Å². The second kappa shape index (κ2) is 7.76. The summed E-state index contributed by atoms with van der Waals surface area (Å²) in [4.78, 5) is 14.4. The Morgan fingerprint density at radius 1 is 1.05 bits per heavy atom. The van der Waals surface area contributed by atoms with Crippen molar-refractivity contribution in [3.8, 4) is 5.75 Å². The summed E-state index contributed by atoms with van der Waals surface area (Å²) in [6.45, 7) is 2.97. The van der Waals surface area contributed by atoms with Gasteiger partial charge < -0.3 is 9.64 Å². The molecule has 3 heteroatoms.